The van der Waals surface area contributed by atoms with Gasteiger partial charge in [-0.15, -0.1) is 0 Å². The number of benzene rings is 1. The maximum atomic E-state index is 3.59. The second kappa shape index (κ2) is 5.85. The summed E-state index contributed by atoms with van der Waals surface area (Å²) in [6.45, 7) is 8.93. The number of rotatable bonds is 4. The molecular formula is C16H26N2. The second-order valence-electron chi connectivity index (χ2n) is 5.95. The lowest BCUT2D eigenvalue weighted by molar-refractivity contribution is 0.269. The molecule has 1 aromatic rings. The first-order valence-electron chi connectivity index (χ1n) is 7.08. The van der Waals surface area contributed by atoms with Crippen molar-refractivity contribution < 1.29 is 0 Å². The molecule has 0 radical (unpaired) electrons. The zero-order valence-electron chi connectivity index (χ0n) is 12.1. The van der Waals surface area contributed by atoms with E-state index in [1.165, 1.54) is 24.1 Å². The van der Waals surface area contributed by atoms with E-state index >= 15 is 0 Å². The molecule has 0 aromatic heterocycles. The molecule has 1 fully saturated rings. The largest absolute Gasteiger partial charge is 0.314 e. The highest BCUT2D eigenvalue weighted by molar-refractivity contribution is 5.25. The summed E-state index contributed by atoms with van der Waals surface area (Å²) in [6.07, 6.45) is 1.30. The Bertz CT molecular complexity index is 369. The van der Waals surface area contributed by atoms with Gasteiger partial charge in [0.25, 0.3) is 0 Å². The van der Waals surface area contributed by atoms with E-state index in [9.17, 15) is 0 Å². The predicted octanol–water partition coefficient (Wildman–Crippen LogP) is 2.99. The fourth-order valence-corrected chi connectivity index (χ4v) is 2.92. The fraction of sp³-hybridized carbons (Fsp3) is 0.625. The van der Waals surface area contributed by atoms with Gasteiger partial charge in [-0.25, -0.2) is 0 Å². The van der Waals surface area contributed by atoms with Crippen LogP contribution in [0.4, 0.5) is 0 Å². The van der Waals surface area contributed by atoms with Gasteiger partial charge in [0.05, 0.1) is 0 Å². The molecule has 2 nitrogen and oxygen atoms in total. The van der Waals surface area contributed by atoms with E-state index in [-0.39, 0.29) is 0 Å². The zero-order valence-corrected chi connectivity index (χ0v) is 12.1. The number of hydrogen-bond acceptors (Lipinski definition) is 2. The van der Waals surface area contributed by atoms with Gasteiger partial charge < -0.3 is 5.32 Å². The summed E-state index contributed by atoms with van der Waals surface area (Å²) in [5.41, 5.74) is 2.81. The van der Waals surface area contributed by atoms with Crippen LogP contribution in [0.15, 0.2) is 24.3 Å². The van der Waals surface area contributed by atoms with Crippen LogP contribution >= 0.6 is 0 Å². The average Bonchev–Trinajstić information content (AvgIpc) is 2.69. The summed E-state index contributed by atoms with van der Waals surface area (Å²) in [5.74, 6) is 0.736. The van der Waals surface area contributed by atoms with E-state index in [0.29, 0.717) is 12.1 Å². The number of nitrogens with one attached hydrogen (secondary N) is 1. The van der Waals surface area contributed by atoms with Gasteiger partial charge in [-0.1, -0.05) is 43.7 Å². The molecule has 2 unspecified atom stereocenters. The third kappa shape index (κ3) is 3.12. The Hall–Kier alpha value is -0.860. The van der Waals surface area contributed by atoms with Gasteiger partial charge in [0.2, 0.25) is 0 Å². The van der Waals surface area contributed by atoms with Crippen LogP contribution < -0.4 is 5.32 Å². The molecule has 100 valence electrons. The first-order valence-corrected chi connectivity index (χ1v) is 7.08. The first-order chi connectivity index (χ1) is 8.58. The Morgan fingerprint density at radius 2 is 1.94 bits per heavy atom. The first kappa shape index (κ1) is 13.6. The maximum absolute atomic E-state index is 3.59. The Balaban J connectivity index is 2.09. The SMILES string of the molecule is Cc1ccc(C2C(CNC(C)C)CCN2C)cc1. The minimum absolute atomic E-state index is 0.578. The van der Waals surface area contributed by atoms with Gasteiger partial charge in [-0.3, -0.25) is 4.90 Å². The van der Waals surface area contributed by atoms with Gasteiger partial charge >= 0.3 is 0 Å². The minimum atomic E-state index is 0.578. The molecule has 1 aliphatic heterocycles. The third-order valence-corrected chi connectivity index (χ3v) is 3.98. The number of hydrogen-bond donors (Lipinski definition) is 1. The van der Waals surface area contributed by atoms with E-state index in [1.54, 1.807) is 0 Å². The van der Waals surface area contributed by atoms with Crippen LogP contribution in [0.1, 0.15) is 37.4 Å². The van der Waals surface area contributed by atoms with Crippen molar-refractivity contribution in [2.75, 3.05) is 20.1 Å². The van der Waals surface area contributed by atoms with Crippen molar-refractivity contribution >= 4 is 0 Å². The van der Waals surface area contributed by atoms with Crippen molar-refractivity contribution in [2.45, 2.75) is 39.3 Å². The monoisotopic (exact) mass is 246 g/mol. The van der Waals surface area contributed by atoms with E-state index in [0.717, 1.165) is 12.5 Å². The average molecular weight is 246 g/mol. The van der Waals surface area contributed by atoms with Crippen LogP contribution in [0, 0.1) is 12.8 Å². The summed E-state index contributed by atoms with van der Waals surface area (Å²) in [6, 6.07) is 10.2. The number of likely N-dealkylation sites (tertiary alicyclic amines) is 1. The maximum Gasteiger partial charge on any atom is 0.0385 e. The summed E-state index contributed by atoms with van der Waals surface area (Å²) in [4.78, 5) is 2.50. The van der Waals surface area contributed by atoms with Crippen LogP contribution in [-0.4, -0.2) is 31.1 Å². The fourth-order valence-electron chi connectivity index (χ4n) is 2.92. The van der Waals surface area contributed by atoms with E-state index < -0.39 is 0 Å². The van der Waals surface area contributed by atoms with Gasteiger partial charge in [-0.05, 0) is 38.4 Å². The van der Waals surface area contributed by atoms with Gasteiger partial charge in [0.1, 0.15) is 0 Å². The molecule has 1 aromatic carbocycles. The van der Waals surface area contributed by atoms with Gasteiger partial charge in [0, 0.05) is 18.6 Å². The number of aryl methyl sites for hydroxylation is 1. The zero-order chi connectivity index (χ0) is 13.1. The molecule has 0 spiro atoms. The number of nitrogens with zero attached hydrogens (tertiary/aromatic N) is 1. The summed E-state index contributed by atoms with van der Waals surface area (Å²) in [5, 5.41) is 3.59. The lowest BCUT2D eigenvalue weighted by Crippen LogP contribution is -2.32. The highest BCUT2D eigenvalue weighted by atomic mass is 15.2. The second-order valence-corrected chi connectivity index (χ2v) is 5.95. The molecule has 0 aliphatic carbocycles. The molecule has 1 N–H and O–H groups in total. The molecule has 1 aliphatic rings. The predicted molar refractivity (Wildman–Crippen MR) is 77.8 cm³/mol. The van der Waals surface area contributed by atoms with E-state index in [2.05, 4.69) is 62.3 Å². The molecule has 18 heavy (non-hydrogen) atoms. The van der Waals surface area contributed by atoms with E-state index in [4.69, 9.17) is 0 Å². The Kier molecular flexibility index (Phi) is 4.41. The van der Waals surface area contributed by atoms with Crippen LogP contribution in [0.5, 0.6) is 0 Å². The molecule has 2 rings (SSSR count). The topological polar surface area (TPSA) is 15.3 Å². The standard InChI is InChI=1S/C16H26N2/c1-12(2)17-11-15-9-10-18(4)16(15)14-7-5-13(3)6-8-14/h5-8,12,15-17H,9-11H2,1-4H3. The summed E-state index contributed by atoms with van der Waals surface area (Å²) >= 11 is 0. The van der Waals surface area contributed by atoms with Crippen molar-refractivity contribution in [2.24, 2.45) is 5.92 Å². The highest BCUT2D eigenvalue weighted by Crippen LogP contribution is 2.35. The van der Waals surface area contributed by atoms with E-state index in [1.807, 2.05) is 0 Å². The Morgan fingerprint density at radius 1 is 1.28 bits per heavy atom. The third-order valence-electron chi connectivity index (χ3n) is 3.98. The van der Waals surface area contributed by atoms with Gasteiger partial charge in [-0.2, -0.15) is 0 Å². The molecular weight excluding hydrogens is 220 g/mol. The summed E-state index contributed by atoms with van der Waals surface area (Å²) in [7, 11) is 2.25. The van der Waals surface area contributed by atoms with Crippen LogP contribution in [0.25, 0.3) is 0 Å². The molecule has 0 saturated carbocycles. The van der Waals surface area contributed by atoms with Crippen molar-refractivity contribution in [1.82, 2.24) is 10.2 Å². The van der Waals surface area contributed by atoms with Crippen molar-refractivity contribution in [3.63, 3.8) is 0 Å². The highest BCUT2D eigenvalue weighted by Gasteiger charge is 2.32. The molecule has 1 saturated heterocycles. The van der Waals surface area contributed by atoms with Crippen molar-refractivity contribution in [3.05, 3.63) is 35.4 Å². The summed E-state index contributed by atoms with van der Waals surface area (Å²) < 4.78 is 0. The van der Waals surface area contributed by atoms with Crippen molar-refractivity contribution in [3.8, 4) is 0 Å². The van der Waals surface area contributed by atoms with Crippen LogP contribution in [0.2, 0.25) is 0 Å². The molecule has 0 bridgehead atoms. The Labute approximate surface area is 111 Å². The van der Waals surface area contributed by atoms with Crippen molar-refractivity contribution in [1.29, 1.82) is 0 Å². The minimum Gasteiger partial charge on any atom is -0.314 e. The lowest BCUT2D eigenvalue weighted by Gasteiger charge is -2.26. The smallest absolute Gasteiger partial charge is 0.0385 e. The van der Waals surface area contributed by atoms with Gasteiger partial charge in [0.15, 0.2) is 0 Å². The van der Waals surface area contributed by atoms with Crippen LogP contribution in [0.3, 0.4) is 0 Å². The van der Waals surface area contributed by atoms with Crippen LogP contribution in [-0.2, 0) is 0 Å². The molecule has 2 atom stereocenters. The molecule has 2 heteroatoms. The quantitative estimate of drug-likeness (QED) is 0.878. The normalized spacial score (nSPS) is 24.9. The lowest BCUT2D eigenvalue weighted by atomic mass is 9.93. The molecule has 1 heterocycles. The Morgan fingerprint density at radius 3 is 2.56 bits per heavy atom. The molecule has 0 amide bonds.